The summed E-state index contributed by atoms with van der Waals surface area (Å²) >= 11 is 0. The van der Waals surface area contributed by atoms with Crippen molar-refractivity contribution in [2.24, 2.45) is 0 Å². The number of fused-ring (bicyclic) bond motifs is 1. The van der Waals surface area contributed by atoms with Crippen LogP contribution in [0.2, 0.25) is 0 Å². The van der Waals surface area contributed by atoms with Gasteiger partial charge < -0.3 is 19.3 Å². The van der Waals surface area contributed by atoms with Gasteiger partial charge in [-0.15, -0.1) is 0 Å². The van der Waals surface area contributed by atoms with E-state index < -0.39 is 0 Å². The molecule has 2 saturated heterocycles. The van der Waals surface area contributed by atoms with Crippen LogP contribution in [0.4, 0.5) is 0 Å². The second-order valence-electron chi connectivity index (χ2n) is 5.00. The van der Waals surface area contributed by atoms with Crippen LogP contribution in [0.5, 0.6) is 0 Å². The minimum atomic E-state index is -0.368. The lowest BCUT2D eigenvalue weighted by Gasteiger charge is -2.40. The molecule has 0 aromatic rings. The molecular formula is C13H22N2O4. The van der Waals surface area contributed by atoms with E-state index >= 15 is 0 Å². The molecule has 2 atom stereocenters. The van der Waals surface area contributed by atoms with E-state index in [0.717, 1.165) is 19.4 Å². The monoisotopic (exact) mass is 270 g/mol. The SMILES string of the molecule is COCCOCCN1C(=O)C2CCCN2C(=O)C1C. The molecule has 0 radical (unpaired) electrons. The summed E-state index contributed by atoms with van der Waals surface area (Å²) in [7, 11) is 1.62. The maximum atomic E-state index is 12.3. The number of piperazine rings is 1. The minimum Gasteiger partial charge on any atom is -0.382 e. The highest BCUT2D eigenvalue weighted by Crippen LogP contribution is 2.26. The van der Waals surface area contributed by atoms with Gasteiger partial charge in [0.05, 0.1) is 19.8 Å². The fourth-order valence-corrected chi connectivity index (χ4v) is 2.75. The van der Waals surface area contributed by atoms with Gasteiger partial charge in [-0.25, -0.2) is 0 Å². The zero-order valence-electron chi connectivity index (χ0n) is 11.6. The highest BCUT2D eigenvalue weighted by atomic mass is 16.5. The molecule has 0 aromatic carbocycles. The Bertz CT molecular complexity index is 348. The predicted octanol–water partition coefficient (Wildman–Crippen LogP) is -0.129. The topological polar surface area (TPSA) is 59.1 Å². The molecule has 2 amide bonds. The van der Waals surface area contributed by atoms with Gasteiger partial charge in [0.2, 0.25) is 11.8 Å². The Morgan fingerprint density at radius 3 is 2.74 bits per heavy atom. The molecule has 19 heavy (non-hydrogen) atoms. The van der Waals surface area contributed by atoms with Crippen LogP contribution in [-0.2, 0) is 19.1 Å². The van der Waals surface area contributed by atoms with Gasteiger partial charge >= 0.3 is 0 Å². The standard InChI is InChI=1S/C13H22N2O4/c1-10-12(16)15-5-3-4-11(15)13(17)14(10)6-7-19-9-8-18-2/h10-11H,3-9H2,1-2H3. The quantitative estimate of drug-likeness (QED) is 0.631. The van der Waals surface area contributed by atoms with Crippen molar-refractivity contribution in [1.82, 2.24) is 9.80 Å². The summed E-state index contributed by atoms with van der Waals surface area (Å²) < 4.78 is 10.3. The molecule has 0 saturated carbocycles. The number of ether oxygens (including phenoxy) is 2. The lowest BCUT2D eigenvalue weighted by atomic mass is 10.1. The molecule has 0 aliphatic carbocycles. The molecule has 108 valence electrons. The van der Waals surface area contributed by atoms with Crippen LogP contribution in [0.25, 0.3) is 0 Å². The largest absolute Gasteiger partial charge is 0.382 e. The molecule has 0 aromatic heterocycles. The van der Waals surface area contributed by atoms with Crippen molar-refractivity contribution in [3.63, 3.8) is 0 Å². The van der Waals surface area contributed by atoms with Gasteiger partial charge in [-0.2, -0.15) is 0 Å². The van der Waals surface area contributed by atoms with Crippen molar-refractivity contribution in [2.75, 3.05) is 40.0 Å². The van der Waals surface area contributed by atoms with Gasteiger partial charge in [-0.3, -0.25) is 9.59 Å². The number of hydrogen-bond acceptors (Lipinski definition) is 4. The van der Waals surface area contributed by atoms with Crippen molar-refractivity contribution >= 4 is 11.8 Å². The van der Waals surface area contributed by atoms with E-state index in [1.807, 2.05) is 0 Å². The first kappa shape index (κ1) is 14.3. The van der Waals surface area contributed by atoms with Crippen molar-refractivity contribution in [2.45, 2.75) is 31.8 Å². The summed E-state index contributed by atoms with van der Waals surface area (Å²) in [4.78, 5) is 27.9. The van der Waals surface area contributed by atoms with E-state index in [2.05, 4.69) is 0 Å². The van der Waals surface area contributed by atoms with E-state index in [9.17, 15) is 9.59 Å². The molecule has 0 N–H and O–H groups in total. The van der Waals surface area contributed by atoms with E-state index in [4.69, 9.17) is 9.47 Å². The first-order valence-corrected chi connectivity index (χ1v) is 6.84. The molecule has 2 fully saturated rings. The van der Waals surface area contributed by atoms with Crippen LogP contribution < -0.4 is 0 Å². The van der Waals surface area contributed by atoms with Crippen molar-refractivity contribution in [3.05, 3.63) is 0 Å². The summed E-state index contributed by atoms with van der Waals surface area (Å²) in [5.74, 6) is 0.138. The molecule has 2 unspecified atom stereocenters. The second-order valence-corrected chi connectivity index (χ2v) is 5.00. The van der Waals surface area contributed by atoms with Gasteiger partial charge in [0.15, 0.2) is 0 Å². The van der Waals surface area contributed by atoms with Crippen LogP contribution in [0.1, 0.15) is 19.8 Å². The first-order chi connectivity index (χ1) is 9.16. The van der Waals surface area contributed by atoms with E-state index in [1.54, 1.807) is 23.8 Å². The zero-order chi connectivity index (χ0) is 13.8. The highest BCUT2D eigenvalue weighted by molar-refractivity contribution is 5.97. The van der Waals surface area contributed by atoms with Crippen LogP contribution in [0, 0.1) is 0 Å². The molecule has 6 nitrogen and oxygen atoms in total. The van der Waals surface area contributed by atoms with Crippen molar-refractivity contribution < 1.29 is 19.1 Å². The Balaban J connectivity index is 1.88. The molecular weight excluding hydrogens is 248 g/mol. The molecule has 2 heterocycles. The Labute approximate surface area is 113 Å². The lowest BCUT2D eigenvalue weighted by molar-refractivity contribution is -0.159. The van der Waals surface area contributed by atoms with Crippen LogP contribution in [-0.4, -0.2) is 73.7 Å². The van der Waals surface area contributed by atoms with Gasteiger partial charge in [0.1, 0.15) is 12.1 Å². The molecule has 2 rings (SSSR count). The number of amides is 2. The predicted molar refractivity (Wildman–Crippen MR) is 68.6 cm³/mol. The molecule has 2 aliphatic heterocycles. The van der Waals surface area contributed by atoms with Gasteiger partial charge in [-0.05, 0) is 19.8 Å². The number of hydrogen-bond donors (Lipinski definition) is 0. The third kappa shape index (κ3) is 2.90. The maximum absolute atomic E-state index is 12.3. The fraction of sp³-hybridized carbons (Fsp3) is 0.846. The van der Waals surface area contributed by atoms with Crippen LogP contribution >= 0.6 is 0 Å². The maximum Gasteiger partial charge on any atom is 0.246 e. The summed E-state index contributed by atoms with van der Waals surface area (Å²) in [6, 6.07) is -0.601. The van der Waals surface area contributed by atoms with Crippen molar-refractivity contribution in [1.29, 1.82) is 0 Å². The van der Waals surface area contributed by atoms with Gasteiger partial charge in [0, 0.05) is 20.2 Å². The second kappa shape index (κ2) is 6.34. The Morgan fingerprint density at radius 1 is 1.21 bits per heavy atom. The summed E-state index contributed by atoms with van der Waals surface area (Å²) in [5, 5.41) is 0. The zero-order valence-corrected chi connectivity index (χ0v) is 11.6. The lowest BCUT2D eigenvalue weighted by Crippen LogP contribution is -2.62. The van der Waals surface area contributed by atoms with E-state index in [0.29, 0.717) is 26.4 Å². The normalized spacial score (nSPS) is 27.1. The third-order valence-electron chi connectivity index (χ3n) is 3.84. The molecule has 6 heteroatoms. The van der Waals surface area contributed by atoms with Gasteiger partial charge in [0.25, 0.3) is 0 Å². The van der Waals surface area contributed by atoms with Crippen LogP contribution in [0.3, 0.4) is 0 Å². The highest BCUT2D eigenvalue weighted by Gasteiger charge is 2.45. The average Bonchev–Trinajstić information content (AvgIpc) is 2.89. The summed E-state index contributed by atoms with van der Waals surface area (Å²) in [6.07, 6.45) is 1.71. The Hall–Kier alpha value is -1.14. The molecule has 0 bridgehead atoms. The van der Waals surface area contributed by atoms with Crippen LogP contribution in [0.15, 0.2) is 0 Å². The molecule has 2 aliphatic rings. The Morgan fingerprint density at radius 2 is 2.00 bits per heavy atom. The Kier molecular flexibility index (Phi) is 4.76. The van der Waals surface area contributed by atoms with Crippen molar-refractivity contribution in [3.8, 4) is 0 Å². The van der Waals surface area contributed by atoms with E-state index in [-0.39, 0.29) is 23.9 Å². The number of rotatable bonds is 6. The fourth-order valence-electron chi connectivity index (χ4n) is 2.75. The number of nitrogens with zero attached hydrogens (tertiary/aromatic N) is 2. The van der Waals surface area contributed by atoms with Gasteiger partial charge in [-0.1, -0.05) is 0 Å². The summed E-state index contributed by atoms with van der Waals surface area (Å²) in [6.45, 7) is 4.48. The number of carbonyl (C=O) groups excluding carboxylic acids is 2. The molecule has 0 spiro atoms. The van der Waals surface area contributed by atoms with E-state index in [1.165, 1.54) is 0 Å². The average molecular weight is 270 g/mol. The number of carbonyl (C=O) groups is 2. The minimum absolute atomic E-state index is 0.0685. The smallest absolute Gasteiger partial charge is 0.246 e. The number of methoxy groups -OCH3 is 1. The first-order valence-electron chi connectivity index (χ1n) is 6.84. The third-order valence-corrected chi connectivity index (χ3v) is 3.84. The summed E-state index contributed by atoms with van der Waals surface area (Å²) in [5.41, 5.74) is 0.